The number of thiazole rings is 1. The summed E-state index contributed by atoms with van der Waals surface area (Å²) in [6, 6.07) is 12.8. The third kappa shape index (κ3) is 5.04. The van der Waals surface area contributed by atoms with Crippen molar-refractivity contribution in [1.29, 1.82) is 0 Å². The molecule has 0 aliphatic carbocycles. The van der Waals surface area contributed by atoms with E-state index in [1.165, 1.54) is 44.4 Å². The lowest BCUT2D eigenvalue weighted by Gasteiger charge is -2.24. The Labute approximate surface area is 239 Å². The zero-order valence-electron chi connectivity index (χ0n) is 22.8. The van der Waals surface area contributed by atoms with E-state index in [1.54, 1.807) is 36.4 Å². The van der Waals surface area contributed by atoms with Crippen LogP contribution in [0, 0.1) is 5.82 Å². The monoisotopic (exact) mass is 578 g/mol. The van der Waals surface area contributed by atoms with Crippen LogP contribution < -0.4 is 23.8 Å². The molecule has 0 radical (unpaired) electrons. The molecule has 11 heteroatoms. The minimum absolute atomic E-state index is 0.158. The normalized spacial score (nSPS) is 16.3. The van der Waals surface area contributed by atoms with Crippen molar-refractivity contribution < 1.29 is 38.0 Å². The summed E-state index contributed by atoms with van der Waals surface area (Å²) in [5, 5.41) is 11.7. The van der Waals surface area contributed by atoms with Crippen LogP contribution in [0.25, 0.3) is 16.0 Å². The smallest absolute Gasteiger partial charge is 0.301 e. The zero-order chi connectivity index (χ0) is 29.3. The van der Waals surface area contributed by atoms with Crippen molar-refractivity contribution in [2.45, 2.75) is 19.4 Å². The highest BCUT2D eigenvalue weighted by molar-refractivity contribution is 7.22. The number of aliphatic hydroxyl groups excluding tert-OH is 1. The van der Waals surface area contributed by atoms with Gasteiger partial charge in [-0.2, -0.15) is 0 Å². The summed E-state index contributed by atoms with van der Waals surface area (Å²) in [4.78, 5) is 33.0. The molecule has 1 aliphatic rings. The van der Waals surface area contributed by atoms with Crippen molar-refractivity contribution in [3.63, 3.8) is 0 Å². The Morgan fingerprint density at radius 1 is 1.02 bits per heavy atom. The molecule has 4 aromatic rings. The molecule has 0 saturated carbocycles. The highest BCUT2D eigenvalue weighted by Crippen LogP contribution is 2.48. The Bertz CT molecular complexity index is 1660. The number of hydrogen-bond acceptors (Lipinski definition) is 9. The molecule has 0 bridgehead atoms. The van der Waals surface area contributed by atoms with E-state index in [4.69, 9.17) is 18.9 Å². The third-order valence-corrected chi connectivity index (χ3v) is 7.59. The number of Topliss-reactive ketones (excluding diaryl/α,β-unsaturated/α-hetero) is 1. The molecular weight excluding hydrogens is 551 g/mol. The molecule has 1 unspecified atom stereocenters. The van der Waals surface area contributed by atoms with Crippen molar-refractivity contribution in [3.8, 4) is 23.0 Å². The van der Waals surface area contributed by atoms with Crippen LogP contribution in [0.15, 0.2) is 60.2 Å². The van der Waals surface area contributed by atoms with Crippen LogP contribution in [0.5, 0.6) is 23.0 Å². The molecule has 9 nitrogen and oxygen atoms in total. The maximum Gasteiger partial charge on any atom is 0.301 e. The van der Waals surface area contributed by atoms with E-state index in [0.29, 0.717) is 39.4 Å². The molecule has 1 N–H and O–H groups in total. The summed E-state index contributed by atoms with van der Waals surface area (Å²) >= 11 is 1.05. The standard InChI is InChI=1S/C30H27FN2O7S/c1-5-11-40-19-8-6-7-16(12-19)26(34)24-25(17-13-21(37-2)28(39-4)22(14-17)38-3)33(29(36)27(24)35)30-32-20-10-9-18(31)15-23(20)41-30/h6-10,12-15,25,34H,5,11H2,1-4H3. The molecule has 1 aliphatic heterocycles. The van der Waals surface area contributed by atoms with Gasteiger partial charge in [-0.05, 0) is 54.4 Å². The number of carbonyl (C=O) groups is 2. The van der Waals surface area contributed by atoms with Crippen molar-refractivity contribution >= 4 is 44.1 Å². The Kier molecular flexibility index (Phi) is 7.80. The Hall–Kier alpha value is -4.64. The van der Waals surface area contributed by atoms with Gasteiger partial charge in [-0.15, -0.1) is 0 Å². The molecule has 5 rings (SSSR count). The quantitative estimate of drug-likeness (QED) is 0.149. The molecule has 41 heavy (non-hydrogen) atoms. The Morgan fingerprint density at radius 2 is 1.76 bits per heavy atom. The fraction of sp³-hybridized carbons (Fsp3) is 0.233. The first kappa shape index (κ1) is 27.9. The lowest BCUT2D eigenvalue weighted by atomic mass is 9.94. The number of anilines is 1. The second kappa shape index (κ2) is 11.5. The summed E-state index contributed by atoms with van der Waals surface area (Å²) in [5.41, 5.74) is 0.976. The Morgan fingerprint density at radius 3 is 2.41 bits per heavy atom. The molecule has 1 fully saturated rings. The van der Waals surface area contributed by atoms with Gasteiger partial charge in [-0.3, -0.25) is 14.5 Å². The number of halogens is 1. The third-order valence-electron chi connectivity index (χ3n) is 6.57. The molecule has 2 heterocycles. The maximum absolute atomic E-state index is 14.0. The average molecular weight is 579 g/mol. The van der Waals surface area contributed by atoms with E-state index in [-0.39, 0.29) is 22.2 Å². The second-order valence-corrected chi connectivity index (χ2v) is 10.1. The van der Waals surface area contributed by atoms with Crippen molar-refractivity contribution in [3.05, 3.63) is 77.1 Å². The highest BCUT2D eigenvalue weighted by Gasteiger charge is 2.48. The van der Waals surface area contributed by atoms with Gasteiger partial charge in [0.2, 0.25) is 5.75 Å². The maximum atomic E-state index is 14.0. The second-order valence-electron chi connectivity index (χ2n) is 9.11. The van der Waals surface area contributed by atoms with Crippen LogP contribution in [-0.2, 0) is 9.59 Å². The lowest BCUT2D eigenvalue weighted by Crippen LogP contribution is -2.29. The number of nitrogens with zero attached hydrogens (tertiary/aromatic N) is 2. The van der Waals surface area contributed by atoms with E-state index in [0.717, 1.165) is 17.8 Å². The van der Waals surface area contributed by atoms with Gasteiger partial charge in [0.15, 0.2) is 16.6 Å². The van der Waals surface area contributed by atoms with E-state index >= 15 is 0 Å². The molecule has 1 aromatic heterocycles. The van der Waals surface area contributed by atoms with Crippen LogP contribution >= 0.6 is 11.3 Å². The lowest BCUT2D eigenvalue weighted by molar-refractivity contribution is -0.132. The van der Waals surface area contributed by atoms with Gasteiger partial charge >= 0.3 is 5.91 Å². The molecule has 1 atom stereocenters. The summed E-state index contributed by atoms with van der Waals surface area (Å²) in [5.74, 6) is -1.27. The fourth-order valence-electron chi connectivity index (χ4n) is 4.70. The first-order valence-corrected chi connectivity index (χ1v) is 13.5. The first-order chi connectivity index (χ1) is 19.8. The van der Waals surface area contributed by atoms with Gasteiger partial charge < -0.3 is 24.1 Å². The number of aliphatic hydroxyl groups is 1. The van der Waals surface area contributed by atoms with Gasteiger partial charge in [-0.25, -0.2) is 9.37 Å². The minimum atomic E-state index is -1.13. The van der Waals surface area contributed by atoms with Gasteiger partial charge in [0.25, 0.3) is 5.78 Å². The van der Waals surface area contributed by atoms with Gasteiger partial charge in [-0.1, -0.05) is 30.4 Å². The van der Waals surface area contributed by atoms with Gasteiger partial charge in [0.1, 0.15) is 17.3 Å². The number of rotatable bonds is 9. The number of fused-ring (bicyclic) bond motifs is 1. The number of aromatic nitrogens is 1. The SMILES string of the molecule is CCCOc1cccc(C(O)=C2C(=O)C(=O)N(c3nc4ccc(F)cc4s3)C2c2cc(OC)c(OC)c(OC)c2)c1. The van der Waals surface area contributed by atoms with Gasteiger partial charge in [0.05, 0.1) is 49.8 Å². The predicted octanol–water partition coefficient (Wildman–Crippen LogP) is 5.88. The first-order valence-electron chi connectivity index (χ1n) is 12.7. The molecular formula is C30H27FN2O7S. The molecule has 3 aromatic carbocycles. The number of carbonyl (C=O) groups excluding carboxylic acids is 2. The van der Waals surface area contributed by atoms with Crippen molar-refractivity contribution in [2.75, 3.05) is 32.8 Å². The van der Waals surface area contributed by atoms with Crippen LogP contribution in [0.4, 0.5) is 9.52 Å². The van der Waals surface area contributed by atoms with Gasteiger partial charge in [0, 0.05) is 5.56 Å². The molecule has 212 valence electrons. The number of methoxy groups -OCH3 is 3. The van der Waals surface area contributed by atoms with Crippen molar-refractivity contribution in [2.24, 2.45) is 0 Å². The minimum Gasteiger partial charge on any atom is -0.507 e. The van der Waals surface area contributed by atoms with Crippen molar-refractivity contribution in [1.82, 2.24) is 4.98 Å². The molecule has 0 spiro atoms. The van der Waals surface area contributed by atoms with Crippen LogP contribution in [0.2, 0.25) is 0 Å². The fourth-order valence-corrected chi connectivity index (χ4v) is 5.72. The molecule has 1 amide bonds. The van der Waals surface area contributed by atoms with E-state index in [1.807, 2.05) is 6.92 Å². The number of ketones is 1. The largest absolute Gasteiger partial charge is 0.507 e. The van der Waals surface area contributed by atoms with Crippen LogP contribution in [-0.4, -0.2) is 49.7 Å². The van der Waals surface area contributed by atoms with E-state index in [9.17, 15) is 19.1 Å². The van der Waals surface area contributed by atoms with Crippen LogP contribution in [0.3, 0.4) is 0 Å². The Balaban J connectivity index is 1.75. The highest BCUT2D eigenvalue weighted by atomic mass is 32.1. The predicted molar refractivity (Wildman–Crippen MR) is 153 cm³/mol. The number of benzene rings is 3. The summed E-state index contributed by atoms with van der Waals surface area (Å²) in [6.07, 6.45) is 0.786. The van der Waals surface area contributed by atoms with E-state index < -0.39 is 29.3 Å². The summed E-state index contributed by atoms with van der Waals surface area (Å²) in [7, 11) is 4.35. The summed E-state index contributed by atoms with van der Waals surface area (Å²) < 4.78 is 36.7. The zero-order valence-corrected chi connectivity index (χ0v) is 23.6. The molecule has 1 saturated heterocycles. The number of ether oxygens (including phenoxy) is 4. The van der Waals surface area contributed by atoms with E-state index in [2.05, 4.69) is 4.98 Å². The average Bonchev–Trinajstić information content (AvgIpc) is 3.52. The summed E-state index contributed by atoms with van der Waals surface area (Å²) in [6.45, 7) is 2.44. The number of amides is 1. The number of hydrogen-bond donors (Lipinski definition) is 1. The van der Waals surface area contributed by atoms with Crippen LogP contribution in [0.1, 0.15) is 30.5 Å². The topological polar surface area (TPSA) is 107 Å².